The van der Waals surface area contributed by atoms with Gasteiger partial charge in [0.1, 0.15) is 11.3 Å². The van der Waals surface area contributed by atoms with E-state index in [0.717, 1.165) is 5.69 Å². The van der Waals surface area contributed by atoms with Gasteiger partial charge in [-0.3, -0.25) is 4.79 Å². The zero-order valence-corrected chi connectivity index (χ0v) is 17.5. The molecule has 2 aliphatic rings. The van der Waals surface area contributed by atoms with Crippen LogP contribution in [0.3, 0.4) is 0 Å². The van der Waals surface area contributed by atoms with E-state index in [9.17, 15) is 9.59 Å². The maximum atomic E-state index is 13.0. The first-order chi connectivity index (χ1) is 14.3. The molecule has 0 aliphatic carbocycles. The van der Waals surface area contributed by atoms with Crippen molar-refractivity contribution in [2.75, 3.05) is 31.5 Å². The Bertz CT molecular complexity index is 914. The van der Waals surface area contributed by atoms with Crippen molar-refractivity contribution in [1.29, 1.82) is 0 Å². The summed E-state index contributed by atoms with van der Waals surface area (Å²) in [4.78, 5) is 37.5. The molecule has 0 spiro atoms. The molecule has 3 heterocycles. The first kappa shape index (κ1) is 20.1. The minimum atomic E-state index is -0.505. The number of rotatable bonds is 3. The van der Waals surface area contributed by atoms with E-state index in [1.165, 1.54) is 0 Å². The Labute approximate surface area is 176 Å². The molecule has 0 bridgehead atoms. The van der Waals surface area contributed by atoms with Crippen LogP contribution in [0.4, 0.5) is 16.4 Å². The van der Waals surface area contributed by atoms with Gasteiger partial charge in [0.05, 0.1) is 0 Å². The zero-order chi connectivity index (χ0) is 21.3. The summed E-state index contributed by atoms with van der Waals surface area (Å²) in [5, 5.41) is 3.12. The highest BCUT2D eigenvalue weighted by atomic mass is 16.6. The Morgan fingerprint density at radius 2 is 1.63 bits per heavy atom. The molecule has 0 radical (unpaired) electrons. The highest BCUT2D eigenvalue weighted by Crippen LogP contribution is 2.32. The SMILES string of the molecule is CC(C)(C)OC(=O)N1CC2CN(C(=O)c3ccnc(Nc4ccccc4)n3)CC2C1. The monoisotopic (exact) mass is 409 g/mol. The molecule has 2 aromatic rings. The number of anilines is 2. The van der Waals surface area contributed by atoms with E-state index in [-0.39, 0.29) is 23.8 Å². The van der Waals surface area contributed by atoms with Crippen molar-refractivity contribution >= 4 is 23.6 Å². The minimum absolute atomic E-state index is 0.105. The number of ether oxygens (including phenoxy) is 1. The summed E-state index contributed by atoms with van der Waals surface area (Å²) in [5.74, 6) is 0.824. The molecule has 1 N–H and O–H groups in total. The fourth-order valence-electron chi connectivity index (χ4n) is 3.99. The molecule has 0 saturated carbocycles. The number of likely N-dealkylation sites (tertiary alicyclic amines) is 2. The molecule has 8 nitrogen and oxygen atoms in total. The molecule has 158 valence electrons. The van der Waals surface area contributed by atoms with E-state index in [2.05, 4.69) is 15.3 Å². The van der Waals surface area contributed by atoms with E-state index < -0.39 is 5.60 Å². The standard InChI is InChI=1S/C22H27N5O3/c1-22(2,3)30-21(29)27-13-15-11-26(12-16(15)14-27)19(28)18-9-10-23-20(25-18)24-17-7-5-4-6-8-17/h4-10,15-16H,11-14H2,1-3H3,(H,23,24,25). The predicted octanol–water partition coefficient (Wildman–Crippen LogP) is 3.16. The Kier molecular flexibility index (Phi) is 5.32. The average molecular weight is 409 g/mol. The van der Waals surface area contributed by atoms with Crippen molar-refractivity contribution in [3.63, 3.8) is 0 Å². The van der Waals surface area contributed by atoms with Crippen LogP contribution >= 0.6 is 0 Å². The molecule has 1 aromatic heterocycles. The number of benzene rings is 1. The fourth-order valence-corrected chi connectivity index (χ4v) is 3.99. The Morgan fingerprint density at radius 1 is 1.00 bits per heavy atom. The molecule has 1 aromatic carbocycles. The highest BCUT2D eigenvalue weighted by molar-refractivity contribution is 5.92. The summed E-state index contributed by atoms with van der Waals surface area (Å²) in [7, 11) is 0. The number of amides is 2. The van der Waals surface area contributed by atoms with Crippen LogP contribution in [0.1, 0.15) is 31.3 Å². The molecule has 2 fully saturated rings. The van der Waals surface area contributed by atoms with Crippen molar-refractivity contribution in [1.82, 2.24) is 19.8 Å². The number of nitrogens with one attached hydrogen (secondary N) is 1. The molecule has 4 rings (SSSR count). The van der Waals surface area contributed by atoms with Crippen LogP contribution in [0.5, 0.6) is 0 Å². The summed E-state index contributed by atoms with van der Waals surface area (Å²) in [6, 6.07) is 11.2. The van der Waals surface area contributed by atoms with Crippen LogP contribution in [0.2, 0.25) is 0 Å². The number of fused-ring (bicyclic) bond motifs is 1. The van der Waals surface area contributed by atoms with Crippen molar-refractivity contribution in [3.05, 3.63) is 48.3 Å². The van der Waals surface area contributed by atoms with E-state index >= 15 is 0 Å². The van der Waals surface area contributed by atoms with Gasteiger partial charge in [0.2, 0.25) is 5.95 Å². The molecular formula is C22H27N5O3. The van der Waals surface area contributed by atoms with Crippen molar-refractivity contribution in [2.45, 2.75) is 26.4 Å². The molecule has 2 aliphatic heterocycles. The number of carbonyl (C=O) groups is 2. The number of nitrogens with zero attached hydrogens (tertiary/aromatic N) is 4. The fraction of sp³-hybridized carbons (Fsp3) is 0.455. The summed E-state index contributed by atoms with van der Waals surface area (Å²) in [6.07, 6.45) is 1.31. The van der Waals surface area contributed by atoms with Crippen LogP contribution in [0.15, 0.2) is 42.6 Å². The lowest BCUT2D eigenvalue weighted by atomic mass is 10.0. The van der Waals surface area contributed by atoms with Crippen LogP contribution in [-0.4, -0.2) is 63.5 Å². The topological polar surface area (TPSA) is 87.7 Å². The van der Waals surface area contributed by atoms with Gasteiger partial charge < -0.3 is 19.9 Å². The van der Waals surface area contributed by atoms with Crippen molar-refractivity contribution in [3.8, 4) is 0 Å². The molecule has 2 atom stereocenters. The first-order valence-electron chi connectivity index (χ1n) is 10.2. The van der Waals surface area contributed by atoms with Crippen LogP contribution < -0.4 is 5.32 Å². The van der Waals surface area contributed by atoms with E-state index in [4.69, 9.17) is 4.74 Å². The summed E-state index contributed by atoms with van der Waals surface area (Å²) in [6.45, 7) is 8.07. The van der Waals surface area contributed by atoms with Crippen LogP contribution in [0, 0.1) is 11.8 Å². The number of para-hydroxylation sites is 1. The van der Waals surface area contributed by atoms with Gasteiger partial charge in [-0.25, -0.2) is 14.8 Å². The van der Waals surface area contributed by atoms with E-state index in [1.54, 1.807) is 17.2 Å². The van der Waals surface area contributed by atoms with Crippen molar-refractivity contribution < 1.29 is 14.3 Å². The van der Waals surface area contributed by atoms with E-state index in [1.807, 2.05) is 56.0 Å². The smallest absolute Gasteiger partial charge is 0.410 e. The Hall–Kier alpha value is -3.16. The molecule has 2 amide bonds. The van der Waals surface area contributed by atoms with Gasteiger partial charge in [-0.05, 0) is 39.0 Å². The summed E-state index contributed by atoms with van der Waals surface area (Å²) in [5.41, 5.74) is 0.724. The van der Waals surface area contributed by atoms with Gasteiger partial charge in [0.15, 0.2) is 0 Å². The van der Waals surface area contributed by atoms with Gasteiger partial charge in [-0.2, -0.15) is 0 Å². The van der Waals surface area contributed by atoms with Gasteiger partial charge in [0.25, 0.3) is 5.91 Å². The lowest BCUT2D eigenvalue weighted by molar-refractivity contribution is 0.0275. The third-order valence-electron chi connectivity index (χ3n) is 5.33. The average Bonchev–Trinajstić information content (AvgIpc) is 3.26. The maximum absolute atomic E-state index is 13.0. The number of hydrogen-bond acceptors (Lipinski definition) is 6. The normalized spacial score (nSPS) is 20.8. The zero-order valence-electron chi connectivity index (χ0n) is 17.5. The third kappa shape index (κ3) is 4.53. The van der Waals surface area contributed by atoms with Crippen LogP contribution in [-0.2, 0) is 4.74 Å². The summed E-state index contributed by atoms with van der Waals surface area (Å²) >= 11 is 0. The Balaban J connectivity index is 1.36. The first-order valence-corrected chi connectivity index (χ1v) is 10.2. The second-order valence-electron chi connectivity index (χ2n) is 8.87. The van der Waals surface area contributed by atoms with E-state index in [0.29, 0.717) is 37.8 Å². The highest BCUT2D eigenvalue weighted by Gasteiger charge is 2.44. The molecule has 2 saturated heterocycles. The maximum Gasteiger partial charge on any atom is 0.410 e. The molecule has 30 heavy (non-hydrogen) atoms. The van der Waals surface area contributed by atoms with Crippen LogP contribution in [0.25, 0.3) is 0 Å². The lowest BCUT2D eigenvalue weighted by Gasteiger charge is -2.26. The number of hydrogen-bond donors (Lipinski definition) is 1. The van der Waals surface area contributed by atoms with Gasteiger partial charge in [0, 0.05) is 49.9 Å². The second kappa shape index (κ2) is 7.93. The lowest BCUT2D eigenvalue weighted by Crippen LogP contribution is -2.38. The largest absolute Gasteiger partial charge is 0.444 e. The summed E-state index contributed by atoms with van der Waals surface area (Å²) < 4.78 is 5.48. The Morgan fingerprint density at radius 3 is 2.27 bits per heavy atom. The predicted molar refractivity (Wildman–Crippen MR) is 112 cm³/mol. The number of carbonyl (C=O) groups excluding carboxylic acids is 2. The van der Waals surface area contributed by atoms with Crippen molar-refractivity contribution in [2.24, 2.45) is 11.8 Å². The van der Waals surface area contributed by atoms with Gasteiger partial charge >= 0.3 is 6.09 Å². The molecule has 2 unspecified atom stereocenters. The molecule has 8 heteroatoms. The van der Waals surface area contributed by atoms with Gasteiger partial charge in [-0.15, -0.1) is 0 Å². The second-order valence-corrected chi connectivity index (χ2v) is 8.87. The minimum Gasteiger partial charge on any atom is -0.444 e. The van der Waals surface area contributed by atoms with Gasteiger partial charge in [-0.1, -0.05) is 18.2 Å². The molecular weight excluding hydrogens is 382 g/mol. The number of aromatic nitrogens is 2. The quantitative estimate of drug-likeness (QED) is 0.838. The third-order valence-corrected chi connectivity index (χ3v) is 5.33.